The maximum Gasteiger partial charge on any atom is 0.0359 e. The molecule has 0 fully saturated rings. The SMILES string of the molecule is CC#CCCc1ccccc1C#Cc1c(CCC#CC)ccc2ccccc12. The fourth-order valence-corrected chi connectivity index (χ4v) is 3.31. The number of hydrogen-bond donors (Lipinski definition) is 0. The van der Waals surface area contributed by atoms with Gasteiger partial charge in [-0.1, -0.05) is 66.4 Å². The third kappa shape index (κ3) is 4.86. The molecule has 0 aliphatic rings. The Morgan fingerprint density at radius 1 is 0.643 bits per heavy atom. The monoisotopic (exact) mass is 360 g/mol. The van der Waals surface area contributed by atoms with Gasteiger partial charge in [-0.15, -0.1) is 23.7 Å². The molecule has 0 aliphatic heterocycles. The molecular formula is C28H24. The topological polar surface area (TPSA) is 0 Å². The van der Waals surface area contributed by atoms with Gasteiger partial charge < -0.3 is 0 Å². The summed E-state index contributed by atoms with van der Waals surface area (Å²) in [6, 6.07) is 21.2. The van der Waals surface area contributed by atoms with Gasteiger partial charge in [-0.3, -0.25) is 0 Å². The quantitative estimate of drug-likeness (QED) is 0.489. The van der Waals surface area contributed by atoms with Crippen LogP contribution in [0.3, 0.4) is 0 Å². The summed E-state index contributed by atoms with van der Waals surface area (Å²) in [5, 5.41) is 2.44. The van der Waals surface area contributed by atoms with Gasteiger partial charge in [0.25, 0.3) is 0 Å². The van der Waals surface area contributed by atoms with Gasteiger partial charge in [-0.25, -0.2) is 0 Å². The van der Waals surface area contributed by atoms with E-state index in [-0.39, 0.29) is 0 Å². The maximum absolute atomic E-state index is 3.50. The van der Waals surface area contributed by atoms with E-state index in [1.807, 2.05) is 13.8 Å². The minimum absolute atomic E-state index is 0.857. The summed E-state index contributed by atoms with van der Waals surface area (Å²) in [5.74, 6) is 19.2. The fraction of sp³-hybridized carbons (Fsp3) is 0.214. The molecule has 28 heavy (non-hydrogen) atoms. The zero-order valence-electron chi connectivity index (χ0n) is 16.6. The zero-order chi connectivity index (χ0) is 19.6. The number of fused-ring (bicyclic) bond motifs is 1. The average Bonchev–Trinajstić information content (AvgIpc) is 2.74. The van der Waals surface area contributed by atoms with Crippen LogP contribution in [0.15, 0.2) is 60.7 Å². The molecule has 0 radical (unpaired) electrons. The van der Waals surface area contributed by atoms with Gasteiger partial charge in [0, 0.05) is 24.0 Å². The molecule has 0 nitrogen and oxygen atoms in total. The van der Waals surface area contributed by atoms with Gasteiger partial charge in [0.2, 0.25) is 0 Å². The number of hydrogen-bond acceptors (Lipinski definition) is 0. The second-order valence-electron chi connectivity index (χ2n) is 6.58. The molecule has 0 heterocycles. The summed E-state index contributed by atoms with van der Waals surface area (Å²) < 4.78 is 0. The summed E-state index contributed by atoms with van der Waals surface area (Å²) in [6.45, 7) is 3.78. The first kappa shape index (κ1) is 19.4. The van der Waals surface area contributed by atoms with E-state index in [1.165, 1.54) is 21.9 Å². The first-order valence-corrected chi connectivity index (χ1v) is 9.73. The van der Waals surface area contributed by atoms with Crippen molar-refractivity contribution in [1.82, 2.24) is 0 Å². The molecule has 136 valence electrons. The summed E-state index contributed by atoms with van der Waals surface area (Å²) in [4.78, 5) is 0. The molecule has 3 aromatic rings. The Balaban J connectivity index is 2.03. The van der Waals surface area contributed by atoms with Crippen molar-refractivity contribution in [3.63, 3.8) is 0 Å². The van der Waals surface area contributed by atoms with Crippen molar-refractivity contribution in [2.75, 3.05) is 0 Å². The Hall–Kier alpha value is -3.40. The Morgan fingerprint density at radius 3 is 2.11 bits per heavy atom. The highest BCUT2D eigenvalue weighted by Crippen LogP contribution is 2.23. The first-order valence-electron chi connectivity index (χ1n) is 9.73. The van der Waals surface area contributed by atoms with Crippen molar-refractivity contribution < 1.29 is 0 Å². The van der Waals surface area contributed by atoms with E-state index in [2.05, 4.69) is 96.2 Å². The summed E-state index contributed by atoms with van der Waals surface area (Å²) in [7, 11) is 0. The van der Waals surface area contributed by atoms with Gasteiger partial charge in [0.1, 0.15) is 0 Å². The lowest BCUT2D eigenvalue weighted by Gasteiger charge is -2.08. The van der Waals surface area contributed by atoms with Crippen molar-refractivity contribution in [1.29, 1.82) is 0 Å². The Bertz CT molecular complexity index is 1140. The molecule has 0 aliphatic carbocycles. The van der Waals surface area contributed by atoms with Crippen LogP contribution in [-0.4, -0.2) is 0 Å². The van der Waals surface area contributed by atoms with E-state index in [1.54, 1.807) is 0 Å². The van der Waals surface area contributed by atoms with E-state index >= 15 is 0 Å². The minimum Gasteiger partial charge on any atom is -0.107 e. The molecular weight excluding hydrogens is 336 g/mol. The summed E-state index contributed by atoms with van der Waals surface area (Å²) in [6.07, 6.45) is 3.57. The van der Waals surface area contributed by atoms with Crippen LogP contribution in [-0.2, 0) is 12.8 Å². The Kier molecular flexibility index (Phi) is 6.96. The lowest BCUT2D eigenvalue weighted by atomic mass is 9.95. The summed E-state index contributed by atoms with van der Waals surface area (Å²) >= 11 is 0. The molecule has 3 rings (SSSR count). The minimum atomic E-state index is 0.857. The van der Waals surface area contributed by atoms with E-state index in [4.69, 9.17) is 0 Å². The van der Waals surface area contributed by atoms with Crippen molar-refractivity contribution in [3.05, 3.63) is 82.9 Å². The standard InChI is InChI=1S/C28H24/c1-3-5-7-13-23-14-9-10-15-24(23)21-22-28-26(16-8-6-4-2)20-19-25-17-11-12-18-27(25)28/h9-12,14-15,17-20H,7-8,13,16H2,1-2H3. The van der Waals surface area contributed by atoms with Crippen LogP contribution in [0, 0.1) is 35.5 Å². The highest BCUT2D eigenvalue weighted by atomic mass is 14.1. The highest BCUT2D eigenvalue weighted by molar-refractivity contribution is 5.89. The molecule has 0 aromatic heterocycles. The lowest BCUT2D eigenvalue weighted by Crippen LogP contribution is -1.93. The first-order chi connectivity index (χ1) is 13.8. The van der Waals surface area contributed by atoms with Gasteiger partial charge >= 0.3 is 0 Å². The van der Waals surface area contributed by atoms with E-state index in [0.29, 0.717) is 0 Å². The van der Waals surface area contributed by atoms with Gasteiger partial charge in [0.05, 0.1) is 0 Å². The predicted octanol–water partition coefficient (Wildman–Crippen LogP) is 6.15. The Morgan fingerprint density at radius 2 is 1.32 bits per heavy atom. The van der Waals surface area contributed by atoms with Crippen LogP contribution in [0.1, 0.15) is 48.9 Å². The van der Waals surface area contributed by atoms with E-state index in [0.717, 1.165) is 36.8 Å². The molecule has 0 unspecified atom stereocenters. The maximum atomic E-state index is 3.50. The van der Waals surface area contributed by atoms with Crippen LogP contribution in [0.4, 0.5) is 0 Å². The van der Waals surface area contributed by atoms with Gasteiger partial charge in [-0.05, 0) is 54.7 Å². The lowest BCUT2D eigenvalue weighted by molar-refractivity contribution is 1.02. The molecule has 0 saturated carbocycles. The van der Waals surface area contributed by atoms with Crippen LogP contribution < -0.4 is 0 Å². The fourth-order valence-electron chi connectivity index (χ4n) is 3.31. The Labute approximate surface area is 169 Å². The molecule has 0 atom stereocenters. The normalized spacial score (nSPS) is 9.50. The third-order valence-electron chi connectivity index (χ3n) is 4.75. The van der Waals surface area contributed by atoms with E-state index in [9.17, 15) is 0 Å². The summed E-state index contributed by atoms with van der Waals surface area (Å²) in [5.41, 5.74) is 4.74. The van der Waals surface area contributed by atoms with Crippen molar-refractivity contribution in [3.8, 4) is 35.5 Å². The molecule has 0 spiro atoms. The second kappa shape index (κ2) is 10.1. The molecule has 0 saturated heterocycles. The third-order valence-corrected chi connectivity index (χ3v) is 4.75. The highest BCUT2D eigenvalue weighted by Gasteiger charge is 2.06. The second-order valence-corrected chi connectivity index (χ2v) is 6.58. The molecule has 3 aromatic carbocycles. The average molecular weight is 360 g/mol. The largest absolute Gasteiger partial charge is 0.107 e. The van der Waals surface area contributed by atoms with Crippen LogP contribution in [0.25, 0.3) is 10.8 Å². The zero-order valence-corrected chi connectivity index (χ0v) is 16.6. The van der Waals surface area contributed by atoms with Crippen molar-refractivity contribution >= 4 is 10.8 Å². The number of aryl methyl sites for hydroxylation is 2. The molecule has 0 bridgehead atoms. The van der Waals surface area contributed by atoms with Crippen LogP contribution in [0.2, 0.25) is 0 Å². The smallest absolute Gasteiger partial charge is 0.0359 e. The number of rotatable bonds is 4. The van der Waals surface area contributed by atoms with Crippen molar-refractivity contribution in [2.24, 2.45) is 0 Å². The molecule has 0 amide bonds. The number of benzene rings is 3. The van der Waals surface area contributed by atoms with Crippen LogP contribution in [0.5, 0.6) is 0 Å². The van der Waals surface area contributed by atoms with Crippen LogP contribution >= 0.6 is 0 Å². The van der Waals surface area contributed by atoms with Gasteiger partial charge in [-0.2, -0.15) is 0 Å². The van der Waals surface area contributed by atoms with Crippen molar-refractivity contribution in [2.45, 2.75) is 39.5 Å². The molecule has 0 N–H and O–H groups in total. The predicted molar refractivity (Wildman–Crippen MR) is 120 cm³/mol. The van der Waals surface area contributed by atoms with Gasteiger partial charge in [0.15, 0.2) is 0 Å². The molecule has 0 heteroatoms. The van der Waals surface area contributed by atoms with E-state index < -0.39 is 0 Å².